The van der Waals surface area contributed by atoms with E-state index in [1.807, 2.05) is 95.9 Å². The van der Waals surface area contributed by atoms with Crippen molar-refractivity contribution in [3.05, 3.63) is 159 Å². The number of hydrogen-bond acceptors (Lipinski definition) is 6. The number of thiazole rings is 1. The minimum absolute atomic E-state index is 0.158. The number of carbonyl (C=O) groups is 1. The van der Waals surface area contributed by atoms with Crippen LogP contribution in [0, 0.1) is 0 Å². The van der Waals surface area contributed by atoms with Gasteiger partial charge in [0.25, 0.3) is 5.91 Å². The molecular weight excluding hydrogens is 640 g/mol. The number of thioether (sulfide) groups is 1. The number of carbonyl (C=O) groups excluding carboxylic acids is 1. The molecule has 0 spiro atoms. The van der Waals surface area contributed by atoms with Gasteiger partial charge in [-0.1, -0.05) is 109 Å². The molecule has 2 aromatic heterocycles. The number of amides is 1. The van der Waals surface area contributed by atoms with Gasteiger partial charge in [-0.05, 0) is 41.3 Å². The maximum absolute atomic E-state index is 13.7. The minimum atomic E-state index is -4.49. The van der Waals surface area contributed by atoms with E-state index in [2.05, 4.69) is 15.2 Å². The van der Waals surface area contributed by atoms with Gasteiger partial charge in [0.2, 0.25) is 0 Å². The third-order valence-electron chi connectivity index (χ3n) is 7.45. The van der Waals surface area contributed by atoms with Crippen molar-refractivity contribution in [2.45, 2.75) is 36.5 Å². The van der Waals surface area contributed by atoms with Crippen molar-refractivity contribution in [2.24, 2.45) is 0 Å². The molecule has 0 fully saturated rings. The molecule has 0 aliphatic carbocycles. The van der Waals surface area contributed by atoms with Crippen molar-refractivity contribution in [2.75, 3.05) is 6.54 Å². The van der Waals surface area contributed by atoms with Gasteiger partial charge < -0.3 is 4.90 Å². The van der Waals surface area contributed by atoms with Gasteiger partial charge in [0.1, 0.15) is 16.5 Å². The molecule has 47 heavy (non-hydrogen) atoms. The van der Waals surface area contributed by atoms with Crippen LogP contribution in [-0.2, 0) is 31.3 Å². The van der Waals surface area contributed by atoms with Crippen LogP contribution in [0.4, 0.5) is 13.2 Å². The third-order valence-corrected chi connectivity index (χ3v) is 9.42. The molecule has 2 heterocycles. The first-order valence-electron chi connectivity index (χ1n) is 14.9. The van der Waals surface area contributed by atoms with Crippen LogP contribution in [0.15, 0.2) is 126 Å². The van der Waals surface area contributed by atoms with Crippen LogP contribution in [0.2, 0.25) is 0 Å². The summed E-state index contributed by atoms with van der Waals surface area (Å²) in [7, 11) is 0. The van der Waals surface area contributed by atoms with Crippen molar-refractivity contribution in [1.29, 1.82) is 0 Å². The Bertz CT molecular complexity index is 1910. The van der Waals surface area contributed by atoms with Crippen molar-refractivity contribution in [3.8, 4) is 5.69 Å². The Morgan fingerprint density at radius 3 is 2.15 bits per heavy atom. The Hall–Kier alpha value is -4.74. The lowest BCUT2D eigenvalue weighted by Crippen LogP contribution is -2.32. The van der Waals surface area contributed by atoms with Gasteiger partial charge in [0.05, 0.1) is 17.0 Å². The summed E-state index contributed by atoms with van der Waals surface area (Å²) in [6.07, 6.45) is -3.39. The number of rotatable bonds is 12. The normalized spacial score (nSPS) is 11.5. The number of halogens is 3. The SMILES string of the molecule is O=C(c1csc(CSc2nnc(Cc3ccccc3)n2-c2cccc(C(F)(F)F)c2)n1)N(CCc1ccccc1)Cc1ccccc1. The number of benzene rings is 4. The van der Waals surface area contributed by atoms with Gasteiger partial charge in [-0.2, -0.15) is 13.2 Å². The van der Waals surface area contributed by atoms with Crippen LogP contribution < -0.4 is 0 Å². The van der Waals surface area contributed by atoms with E-state index in [1.54, 1.807) is 16.0 Å². The molecule has 0 bridgehead atoms. The summed E-state index contributed by atoms with van der Waals surface area (Å²) >= 11 is 2.68. The fraction of sp³-hybridized carbons (Fsp3) is 0.167. The van der Waals surface area contributed by atoms with Crippen molar-refractivity contribution < 1.29 is 18.0 Å². The summed E-state index contributed by atoms with van der Waals surface area (Å²) in [5.74, 6) is 0.723. The minimum Gasteiger partial charge on any atom is -0.333 e. The lowest BCUT2D eigenvalue weighted by atomic mass is 10.1. The lowest BCUT2D eigenvalue weighted by molar-refractivity contribution is -0.137. The second-order valence-corrected chi connectivity index (χ2v) is 12.7. The van der Waals surface area contributed by atoms with Crippen LogP contribution in [0.3, 0.4) is 0 Å². The summed E-state index contributed by atoms with van der Waals surface area (Å²) in [6, 6.07) is 34.6. The molecule has 6 nitrogen and oxygen atoms in total. The summed E-state index contributed by atoms with van der Waals surface area (Å²) in [6.45, 7) is 0.988. The van der Waals surface area contributed by atoms with Gasteiger partial charge in [-0.25, -0.2) is 4.98 Å². The fourth-order valence-electron chi connectivity index (χ4n) is 5.10. The van der Waals surface area contributed by atoms with E-state index in [1.165, 1.54) is 29.2 Å². The molecule has 238 valence electrons. The van der Waals surface area contributed by atoms with Gasteiger partial charge in [-0.3, -0.25) is 9.36 Å². The van der Waals surface area contributed by atoms with Crippen LogP contribution in [0.25, 0.3) is 5.69 Å². The first kappa shape index (κ1) is 32.2. The first-order chi connectivity index (χ1) is 22.8. The van der Waals surface area contributed by atoms with Crippen LogP contribution >= 0.6 is 23.1 Å². The van der Waals surface area contributed by atoms with Gasteiger partial charge in [0, 0.05) is 24.9 Å². The van der Waals surface area contributed by atoms with Crippen molar-refractivity contribution in [3.63, 3.8) is 0 Å². The highest BCUT2D eigenvalue weighted by Gasteiger charge is 2.31. The molecule has 0 atom stereocenters. The predicted octanol–water partition coefficient (Wildman–Crippen LogP) is 8.51. The first-order valence-corrected chi connectivity index (χ1v) is 16.8. The van der Waals surface area contributed by atoms with Gasteiger partial charge in [0.15, 0.2) is 5.16 Å². The van der Waals surface area contributed by atoms with E-state index in [4.69, 9.17) is 0 Å². The van der Waals surface area contributed by atoms with Crippen molar-refractivity contribution in [1.82, 2.24) is 24.6 Å². The molecule has 11 heteroatoms. The highest BCUT2D eigenvalue weighted by Crippen LogP contribution is 2.33. The molecule has 0 saturated heterocycles. The summed E-state index contributed by atoms with van der Waals surface area (Å²) < 4.78 is 42.5. The largest absolute Gasteiger partial charge is 0.416 e. The highest BCUT2D eigenvalue weighted by atomic mass is 32.2. The second-order valence-electron chi connectivity index (χ2n) is 10.8. The maximum atomic E-state index is 13.7. The zero-order chi connectivity index (χ0) is 32.6. The molecule has 0 saturated carbocycles. The van der Waals surface area contributed by atoms with E-state index in [0.29, 0.717) is 59.1 Å². The van der Waals surface area contributed by atoms with Gasteiger partial charge >= 0.3 is 6.18 Å². The number of aromatic nitrogens is 4. The number of hydrogen-bond donors (Lipinski definition) is 0. The van der Waals surface area contributed by atoms with E-state index >= 15 is 0 Å². The topological polar surface area (TPSA) is 63.9 Å². The zero-order valence-corrected chi connectivity index (χ0v) is 26.8. The molecule has 0 radical (unpaired) electrons. The molecule has 0 aliphatic rings. The van der Waals surface area contributed by atoms with Gasteiger partial charge in [-0.15, -0.1) is 21.5 Å². The molecular formula is C36H30F3N5OS2. The molecule has 6 rings (SSSR count). The van der Waals surface area contributed by atoms with E-state index in [-0.39, 0.29) is 5.91 Å². The molecule has 0 aliphatic heterocycles. The Balaban J connectivity index is 1.21. The molecule has 6 aromatic rings. The van der Waals surface area contributed by atoms with Crippen molar-refractivity contribution >= 4 is 29.0 Å². The number of alkyl halides is 3. The van der Waals surface area contributed by atoms with Crippen LogP contribution in [0.1, 0.15) is 43.6 Å². The van der Waals surface area contributed by atoms with Crippen LogP contribution in [-0.4, -0.2) is 37.1 Å². The summed E-state index contributed by atoms with van der Waals surface area (Å²) in [5, 5.41) is 11.6. The average molecular weight is 670 g/mol. The Kier molecular flexibility index (Phi) is 10.1. The predicted molar refractivity (Wildman–Crippen MR) is 179 cm³/mol. The Morgan fingerprint density at radius 2 is 1.47 bits per heavy atom. The Labute approximate surface area is 278 Å². The third kappa shape index (κ3) is 8.35. The average Bonchev–Trinajstić information content (AvgIpc) is 3.73. The van der Waals surface area contributed by atoms with E-state index in [9.17, 15) is 18.0 Å². The second kappa shape index (κ2) is 14.8. The lowest BCUT2D eigenvalue weighted by Gasteiger charge is -2.22. The van der Waals surface area contributed by atoms with Crippen LogP contribution in [0.5, 0.6) is 0 Å². The summed E-state index contributed by atoms with van der Waals surface area (Å²) in [5.41, 5.74) is 3.06. The number of nitrogens with zero attached hydrogens (tertiary/aromatic N) is 5. The smallest absolute Gasteiger partial charge is 0.333 e. The molecule has 1 amide bonds. The van der Waals surface area contributed by atoms with E-state index < -0.39 is 11.7 Å². The summed E-state index contributed by atoms with van der Waals surface area (Å²) in [4.78, 5) is 20.2. The Morgan fingerprint density at radius 1 is 0.809 bits per heavy atom. The fourth-order valence-corrected chi connectivity index (χ4v) is 6.85. The molecule has 0 N–H and O–H groups in total. The van der Waals surface area contributed by atoms with E-state index in [0.717, 1.165) is 28.8 Å². The monoisotopic (exact) mass is 669 g/mol. The standard InChI is InChI=1S/C36H30F3N5OS2/c37-36(38,39)29-17-10-18-30(22-29)44-32(21-27-13-6-2-7-14-27)41-42-35(44)47-25-33-40-31(24-46-33)34(45)43(23-28-15-8-3-9-16-28)20-19-26-11-4-1-5-12-26/h1-18,22,24H,19-21,23,25H2. The zero-order valence-electron chi connectivity index (χ0n) is 25.2. The molecule has 4 aromatic carbocycles. The maximum Gasteiger partial charge on any atom is 0.416 e. The quantitative estimate of drug-likeness (QED) is 0.122. The highest BCUT2D eigenvalue weighted by molar-refractivity contribution is 7.98. The molecule has 0 unspecified atom stereocenters.